The van der Waals surface area contributed by atoms with E-state index >= 15 is 0 Å². The number of hydrogen-bond donors (Lipinski definition) is 1. The summed E-state index contributed by atoms with van der Waals surface area (Å²) < 4.78 is 39.4. The Morgan fingerprint density at radius 1 is 1.29 bits per heavy atom. The minimum Gasteiger partial charge on any atom is -0.408 e. The van der Waals surface area contributed by atoms with Crippen molar-refractivity contribution in [3.8, 4) is 0 Å². The standard InChI is InChI=1S/C21H31N3O6S/c1-15(2)29-12-4-9-22-20(25)13-16-7-10-24(11-8-16)31(27,28)17-5-6-18-19(14-17)30-21(26)23(18)3/h5-6,14-16H,4,7-13H2,1-3H3,(H,22,25). The second-order valence-electron chi connectivity index (χ2n) is 8.23. The van der Waals surface area contributed by atoms with Crippen LogP contribution < -0.4 is 11.1 Å². The molecule has 31 heavy (non-hydrogen) atoms. The number of aryl methyl sites for hydroxylation is 1. The molecule has 0 radical (unpaired) electrons. The van der Waals surface area contributed by atoms with E-state index in [-0.39, 0.29) is 28.4 Å². The zero-order valence-corrected chi connectivity index (χ0v) is 19.1. The number of nitrogens with one attached hydrogen (secondary N) is 1. The summed E-state index contributed by atoms with van der Waals surface area (Å²) in [6.07, 6.45) is 2.62. The molecule has 1 amide bonds. The fourth-order valence-corrected chi connectivity index (χ4v) is 5.22. The van der Waals surface area contributed by atoms with Crippen molar-refractivity contribution in [3.63, 3.8) is 0 Å². The van der Waals surface area contributed by atoms with Crippen LogP contribution in [0.25, 0.3) is 11.1 Å². The van der Waals surface area contributed by atoms with E-state index in [1.165, 1.54) is 21.0 Å². The molecule has 0 atom stereocenters. The molecule has 0 bridgehead atoms. The number of sulfonamides is 1. The average molecular weight is 454 g/mol. The summed E-state index contributed by atoms with van der Waals surface area (Å²) in [7, 11) is -2.12. The number of piperidine rings is 1. The molecule has 10 heteroatoms. The Bertz CT molecular complexity index is 1060. The minimum atomic E-state index is -3.69. The number of amides is 1. The number of oxazole rings is 1. The topological polar surface area (TPSA) is 111 Å². The Balaban J connectivity index is 1.50. The number of carbonyl (C=O) groups excluding carboxylic acids is 1. The Kier molecular flexibility index (Phi) is 7.55. The van der Waals surface area contributed by atoms with Crippen LogP contribution in [-0.2, 0) is 26.6 Å². The smallest absolute Gasteiger partial charge is 0.408 e. The maximum atomic E-state index is 13.0. The van der Waals surface area contributed by atoms with E-state index in [0.29, 0.717) is 51.0 Å². The maximum Gasteiger partial charge on any atom is 0.419 e. The molecule has 0 spiro atoms. The zero-order chi connectivity index (χ0) is 22.6. The largest absolute Gasteiger partial charge is 0.419 e. The summed E-state index contributed by atoms with van der Waals surface area (Å²) in [6, 6.07) is 4.47. The van der Waals surface area contributed by atoms with Crippen molar-refractivity contribution in [1.29, 1.82) is 0 Å². The van der Waals surface area contributed by atoms with Gasteiger partial charge in [0.2, 0.25) is 15.9 Å². The lowest BCUT2D eigenvalue weighted by Crippen LogP contribution is -2.39. The van der Waals surface area contributed by atoms with Crippen LogP contribution in [0, 0.1) is 5.92 Å². The SMILES string of the molecule is CC(C)OCCCNC(=O)CC1CCN(S(=O)(=O)c2ccc3c(c2)oc(=O)n3C)CC1. The predicted octanol–water partition coefficient (Wildman–Crippen LogP) is 1.85. The van der Waals surface area contributed by atoms with Crippen molar-refractivity contribution in [2.75, 3.05) is 26.2 Å². The number of carbonyl (C=O) groups is 1. The predicted molar refractivity (Wildman–Crippen MR) is 116 cm³/mol. The fraction of sp³-hybridized carbons (Fsp3) is 0.619. The van der Waals surface area contributed by atoms with Crippen molar-refractivity contribution in [1.82, 2.24) is 14.2 Å². The molecule has 0 aliphatic carbocycles. The van der Waals surface area contributed by atoms with E-state index in [2.05, 4.69) is 5.32 Å². The van der Waals surface area contributed by atoms with Gasteiger partial charge in [-0.1, -0.05) is 0 Å². The number of benzene rings is 1. The second kappa shape index (κ2) is 9.97. The van der Waals surface area contributed by atoms with Crippen LogP contribution in [0.1, 0.15) is 39.5 Å². The molecule has 3 rings (SSSR count). The lowest BCUT2D eigenvalue weighted by Gasteiger charge is -2.31. The molecule has 1 aliphatic rings. The Morgan fingerprint density at radius 2 is 2.00 bits per heavy atom. The second-order valence-corrected chi connectivity index (χ2v) is 10.2. The van der Waals surface area contributed by atoms with Gasteiger partial charge in [0.25, 0.3) is 0 Å². The van der Waals surface area contributed by atoms with Gasteiger partial charge in [0, 0.05) is 45.8 Å². The van der Waals surface area contributed by atoms with Crippen molar-refractivity contribution >= 4 is 27.0 Å². The molecule has 0 unspecified atom stereocenters. The van der Waals surface area contributed by atoms with Crippen molar-refractivity contribution < 1.29 is 22.4 Å². The third-order valence-electron chi connectivity index (χ3n) is 5.54. The molecule has 1 N–H and O–H groups in total. The first-order chi connectivity index (χ1) is 14.7. The van der Waals surface area contributed by atoms with Crippen LogP contribution in [0.4, 0.5) is 0 Å². The average Bonchev–Trinajstić information content (AvgIpc) is 3.01. The lowest BCUT2D eigenvalue weighted by molar-refractivity contribution is -0.122. The van der Waals surface area contributed by atoms with Crippen molar-refractivity contribution in [2.45, 2.75) is 50.5 Å². The van der Waals surface area contributed by atoms with E-state index < -0.39 is 15.8 Å². The van der Waals surface area contributed by atoms with Crippen LogP contribution in [0.15, 0.2) is 32.3 Å². The van der Waals surface area contributed by atoms with E-state index in [4.69, 9.17) is 9.15 Å². The summed E-state index contributed by atoms with van der Waals surface area (Å²) in [5.41, 5.74) is 0.795. The highest BCUT2D eigenvalue weighted by Crippen LogP contribution is 2.27. The van der Waals surface area contributed by atoms with E-state index in [0.717, 1.165) is 6.42 Å². The molecule has 2 aromatic rings. The van der Waals surface area contributed by atoms with Gasteiger partial charge in [0.15, 0.2) is 5.58 Å². The van der Waals surface area contributed by atoms with Gasteiger partial charge in [-0.2, -0.15) is 4.31 Å². The quantitative estimate of drug-likeness (QED) is 0.580. The minimum absolute atomic E-state index is 0.00425. The molecule has 9 nitrogen and oxygen atoms in total. The highest BCUT2D eigenvalue weighted by molar-refractivity contribution is 7.89. The molecular weight excluding hydrogens is 422 g/mol. The molecule has 1 saturated heterocycles. The van der Waals surface area contributed by atoms with Crippen LogP contribution in [0.2, 0.25) is 0 Å². The molecule has 172 valence electrons. The van der Waals surface area contributed by atoms with Gasteiger partial charge in [0.05, 0.1) is 16.5 Å². The van der Waals surface area contributed by atoms with E-state index in [1.54, 1.807) is 13.1 Å². The first kappa shape index (κ1) is 23.5. The third-order valence-corrected chi connectivity index (χ3v) is 7.44. The van der Waals surface area contributed by atoms with Gasteiger partial charge in [-0.25, -0.2) is 13.2 Å². The zero-order valence-electron chi connectivity index (χ0n) is 18.3. The van der Waals surface area contributed by atoms with E-state index in [1.807, 2.05) is 13.8 Å². The highest BCUT2D eigenvalue weighted by Gasteiger charge is 2.30. The highest BCUT2D eigenvalue weighted by atomic mass is 32.2. The molecule has 0 saturated carbocycles. The summed E-state index contributed by atoms with van der Waals surface area (Å²) in [4.78, 5) is 23.9. The molecule has 1 aromatic carbocycles. The van der Waals surface area contributed by atoms with Crippen LogP contribution in [0.5, 0.6) is 0 Å². The Labute approximate surface area is 182 Å². The Morgan fingerprint density at radius 3 is 2.68 bits per heavy atom. The number of nitrogens with zero attached hydrogens (tertiary/aromatic N) is 2. The number of hydrogen-bond acceptors (Lipinski definition) is 6. The van der Waals surface area contributed by atoms with Crippen LogP contribution in [-0.4, -0.2) is 55.5 Å². The van der Waals surface area contributed by atoms with Gasteiger partial charge in [-0.05, 0) is 51.2 Å². The fourth-order valence-electron chi connectivity index (χ4n) is 3.73. The van der Waals surface area contributed by atoms with Gasteiger partial charge < -0.3 is 14.5 Å². The van der Waals surface area contributed by atoms with Crippen molar-refractivity contribution in [2.24, 2.45) is 13.0 Å². The van der Waals surface area contributed by atoms with Gasteiger partial charge in [-0.15, -0.1) is 0 Å². The summed E-state index contributed by atoms with van der Waals surface area (Å²) in [6.45, 7) is 5.87. The van der Waals surface area contributed by atoms with Crippen LogP contribution >= 0.6 is 0 Å². The molecule has 1 fully saturated rings. The summed E-state index contributed by atoms with van der Waals surface area (Å²) in [5.74, 6) is -0.375. The van der Waals surface area contributed by atoms with E-state index in [9.17, 15) is 18.0 Å². The number of rotatable bonds is 9. The number of ether oxygens (including phenoxy) is 1. The van der Waals surface area contributed by atoms with Crippen LogP contribution in [0.3, 0.4) is 0 Å². The summed E-state index contributed by atoms with van der Waals surface area (Å²) >= 11 is 0. The Hall–Kier alpha value is -2.17. The first-order valence-electron chi connectivity index (χ1n) is 10.7. The van der Waals surface area contributed by atoms with Gasteiger partial charge >= 0.3 is 5.76 Å². The van der Waals surface area contributed by atoms with Gasteiger partial charge in [-0.3, -0.25) is 9.36 Å². The first-order valence-corrected chi connectivity index (χ1v) is 12.1. The third kappa shape index (κ3) is 5.75. The maximum absolute atomic E-state index is 13.0. The molecular formula is C21H31N3O6S. The summed E-state index contributed by atoms with van der Waals surface area (Å²) in [5, 5.41) is 2.91. The monoisotopic (exact) mass is 453 g/mol. The van der Waals surface area contributed by atoms with Crippen molar-refractivity contribution in [3.05, 3.63) is 28.7 Å². The molecule has 1 aromatic heterocycles. The normalized spacial score (nSPS) is 16.3. The number of aromatic nitrogens is 1. The molecule has 1 aliphatic heterocycles. The number of fused-ring (bicyclic) bond motifs is 1. The lowest BCUT2D eigenvalue weighted by atomic mass is 9.94. The molecule has 2 heterocycles. The van der Waals surface area contributed by atoms with Gasteiger partial charge in [0.1, 0.15) is 0 Å².